The van der Waals surface area contributed by atoms with Crippen molar-refractivity contribution in [3.63, 3.8) is 0 Å². The van der Waals surface area contributed by atoms with E-state index < -0.39 is 11.9 Å². The topological polar surface area (TPSA) is 191 Å². The number of ether oxygens (including phenoxy) is 11. The molecule has 0 saturated carbocycles. The van der Waals surface area contributed by atoms with Crippen molar-refractivity contribution in [1.29, 1.82) is 0 Å². The SMILES string of the molecule is C=CCOOCCCCOc1ccc(C#CC(=O)Oc2ccc(OC(=O)C#Cc3ccc(OCCCCOC=C)c(OCCCCOC=C)c3OCCCCOOCC=C)cc2)c(OCCCCOC=C)c1OCCCCOOCC=C. The maximum Gasteiger partial charge on any atom is 0.390 e. The highest BCUT2D eigenvalue weighted by atomic mass is 17.2. The van der Waals surface area contributed by atoms with Crippen LogP contribution in [0, 0.1) is 23.7 Å². The van der Waals surface area contributed by atoms with Crippen molar-refractivity contribution in [3.05, 3.63) is 136 Å². The molecule has 0 aliphatic carbocycles. The van der Waals surface area contributed by atoms with E-state index in [9.17, 15) is 9.59 Å². The Bertz CT molecular complexity index is 2450. The predicted molar refractivity (Wildman–Crippen MR) is 307 cm³/mol. The molecule has 0 aliphatic rings. The summed E-state index contributed by atoms with van der Waals surface area (Å²) >= 11 is 0. The van der Waals surface area contributed by atoms with Crippen molar-refractivity contribution in [3.8, 4) is 69.7 Å². The lowest BCUT2D eigenvalue weighted by Crippen LogP contribution is -2.09. The molecular weight excluding hydrogens is 1060 g/mol. The highest BCUT2D eigenvalue weighted by Gasteiger charge is 2.20. The van der Waals surface area contributed by atoms with Gasteiger partial charge in [0.05, 0.1) is 109 Å². The Morgan fingerprint density at radius 2 is 0.634 bits per heavy atom. The third-order valence-corrected chi connectivity index (χ3v) is 10.5. The van der Waals surface area contributed by atoms with E-state index in [0.717, 1.165) is 6.42 Å². The summed E-state index contributed by atoms with van der Waals surface area (Å²) < 4.78 is 64.5. The molecule has 0 heterocycles. The van der Waals surface area contributed by atoms with Crippen molar-refractivity contribution >= 4 is 11.9 Å². The molecular formula is C63H80O19. The van der Waals surface area contributed by atoms with E-state index in [0.29, 0.717) is 170 Å². The van der Waals surface area contributed by atoms with E-state index in [2.05, 4.69) is 63.2 Å². The molecule has 19 heteroatoms. The van der Waals surface area contributed by atoms with E-state index >= 15 is 0 Å². The largest absolute Gasteiger partial charge is 0.502 e. The smallest absolute Gasteiger partial charge is 0.390 e. The summed E-state index contributed by atoms with van der Waals surface area (Å²) in [5, 5.41) is 0. The molecule has 0 aliphatic heterocycles. The molecule has 0 radical (unpaired) electrons. The highest BCUT2D eigenvalue weighted by molar-refractivity contribution is 5.92. The van der Waals surface area contributed by atoms with Gasteiger partial charge in [0, 0.05) is 11.8 Å². The second-order valence-electron chi connectivity index (χ2n) is 16.9. The first-order valence-electron chi connectivity index (χ1n) is 27.3. The first kappa shape index (κ1) is 68.4. The minimum atomic E-state index is -0.868. The van der Waals surface area contributed by atoms with Gasteiger partial charge in [-0.05, 0) is 126 Å². The molecule has 0 amide bonds. The summed E-state index contributed by atoms with van der Waals surface area (Å²) in [6, 6.07) is 12.6. The van der Waals surface area contributed by atoms with Crippen LogP contribution in [0.3, 0.4) is 0 Å². The molecule has 3 aromatic rings. The first-order valence-corrected chi connectivity index (χ1v) is 27.3. The van der Waals surface area contributed by atoms with Gasteiger partial charge in [-0.25, -0.2) is 38.9 Å². The Kier molecular flexibility index (Phi) is 39.1. The lowest BCUT2D eigenvalue weighted by Gasteiger charge is -2.18. The van der Waals surface area contributed by atoms with E-state index in [4.69, 9.17) is 81.4 Å². The van der Waals surface area contributed by atoms with Crippen LogP contribution in [-0.2, 0) is 53.1 Å². The molecule has 19 nitrogen and oxygen atoms in total. The molecule has 0 saturated heterocycles. The van der Waals surface area contributed by atoms with Gasteiger partial charge < -0.3 is 52.1 Å². The number of carbonyl (C=O) groups is 2. The molecule has 3 rings (SSSR count). The molecule has 3 aromatic carbocycles. The van der Waals surface area contributed by atoms with Crippen LogP contribution in [0.2, 0.25) is 0 Å². The van der Waals surface area contributed by atoms with Gasteiger partial charge in [-0.3, -0.25) is 0 Å². The third-order valence-electron chi connectivity index (χ3n) is 10.5. The van der Waals surface area contributed by atoms with Crippen molar-refractivity contribution in [2.75, 3.05) is 99.1 Å². The third kappa shape index (κ3) is 31.2. The number of unbranched alkanes of at least 4 members (excludes halogenated alkanes) is 6. The Hall–Kier alpha value is -7.88. The molecule has 0 spiro atoms. The molecule has 0 bridgehead atoms. The molecule has 82 heavy (non-hydrogen) atoms. The maximum absolute atomic E-state index is 13.2. The van der Waals surface area contributed by atoms with Gasteiger partial charge >= 0.3 is 11.9 Å². The van der Waals surface area contributed by atoms with E-state index in [1.807, 2.05) is 0 Å². The number of hydrogen-bond acceptors (Lipinski definition) is 19. The Labute approximate surface area is 483 Å². The molecule has 0 unspecified atom stereocenters. The highest BCUT2D eigenvalue weighted by Crippen LogP contribution is 2.42. The van der Waals surface area contributed by atoms with Gasteiger partial charge in [0.1, 0.15) is 31.3 Å². The minimum absolute atomic E-state index is 0.138. The summed E-state index contributed by atoms with van der Waals surface area (Å²) in [6.07, 6.45) is 16.9. The number of esters is 2. The van der Waals surface area contributed by atoms with Crippen LogP contribution in [0.1, 0.15) is 88.2 Å². The monoisotopic (exact) mass is 1140 g/mol. The van der Waals surface area contributed by atoms with Crippen LogP contribution in [0.4, 0.5) is 0 Å². The Balaban J connectivity index is 1.82. The van der Waals surface area contributed by atoms with Crippen LogP contribution in [0.25, 0.3) is 0 Å². The summed E-state index contributed by atoms with van der Waals surface area (Å²) in [5.74, 6) is 11.5. The molecule has 0 N–H and O–H groups in total. The van der Waals surface area contributed by atoms with Gasteiger partial charge in [0.2, 0.25) is 11.5 Å². The van der Waals surface area contributed by atoms with Gasteiger partial charge in [0.25, 0.3) is 0 Å². The van der Waals surface area contributed by atoms with Crippen molar-refractivity contribution < 1.29 is 91.0 Å². The van der Waals surface area contributed by atoms with Gasteiger partial charge in [-0.1, -0.05) is 49.8 Å². The standard InChI is InChI=1S/C63H80O19/c1-7-37-75-78-49-22-19-44-70-57-34-26-52(60(71-45-17-14-41-67-11-5)63(57)74-48-21-24-51-80-77-39-9-3)27-35-58(64)81-54-29-31-55(32-30-54)82-59(65)36-28-53-25-33-56(69-43-16-13-40-66-10-4)62(73-47-18-15-42-68-12-6)61(53)72-46-20-23-50-79-76-38-8-2/h7-12,25-26,29-34H,1-6,13-24,37-51H2. The summed E-state index contributed by atoms with van der Waals surface area (Å²) in [4.78, 5) is 57.0. The zero-order chi connectivity index (χ0) is 58.8. The van der Waals surface area contributed by atoms with Crippen LogP contribution in [0.15, 0.2) is 125 Å². The fourth-order valence-corrected chi connectivity index (χ4v) is 6.58. The molecule has 0 atom stereocenters. The minimum Gasteiger partial charge on any atom is -0.502 e. The molecule has 0 aromatic heterocycles. The average molecular weight is 1140 g/mol. The fraction of sp³-hybridized carbons (Fsp3) is 0.429. The van der Waals surface area contributed by atoms with E-state index in [1.54, 1.807) is 42.5 Å². The van der Waals surface area contributed by atoms with Crippen LogP contribution >= 0.6 is 0 Å². The van der Waals surface area contributed by atoms with Crippen molar-refractivity contribution in [1.82, 2.24) is 0 Å². The van der Waals surface area contributed by atoms with Crippen LogP contribution in [-0.4, -0.2) is 111 Å². The number of hydrogen-bond donors (Lipinski definition) is 0. The summed E-state index contributed by atoms with van der Waals surface area (Å²) in [5.41, 5.74) is 0.716. The Morgan fingerprint density at radius 3 is 0.951 bits per heavy atom. The van der Waals surface area contributed by atoms with Crippen molar-refractivity contribution in [2.45, 2.75) is 77.0 Å². The maximum atomic E-state index is 13.2. The second kappa shape index (κ2) is 46.8. The van der Waals surface area contributed by atoms with Gasteiger partial charge in [-0.15, -0.1) is 19.7 Å². The average Bonchev–Trinajstić information content (AvgIpc) is 3.69. The van der Waals surface area contributed by atoms with Gasteiger partial charge in [-0.2, -0.15) is 0 Å². The van der Waals surface area contributed by atoms with Crippen molar-refractivity contribution in [2.24, 2.45) is 0 Å². The number of benzene rings is 3. The lowest BCUT2D eigenvalue weighted by atomic mass is 10.1. The van der Waals surface area contributed by atoms with E-state index in [1.165, 1.54) is 43.1 Å². The lowest BCUT2D eigenvalue weighted by molar-refractivity contribution is -0.286. The normalized spacial score (nSPS) is 10.3. The zero-order valence-corrected chi connectivity index (χ0v) is 47.2. The second-order valence-corrected chi connectivity index (χ2v) is 16.9. The van der Waals surface area contributed by atoms with Gasteiger partial charge in [0.15, 0.2) is 23.0 Å². The molecule has 446 valence electrons. The Morgan fingerprint density at radius 1 is 0.341 bits per heavy atom. The number of rotatable bonds is 50. The summed E-state index contributed by atoms with van der Waals surface area (Å²) in [7, 11) is 0. The molecule has 0 fully saturated rings. The van der Waals surface area contributed by atoms with Crippen LogP contribution < -0.4 is 37.9 Å². The predicted octanol–water partition coefficient (Wildman–Crippen LogP) is 11.4. The van der Waals surface area contributed by atoms with E-state index in [-0.39, 0.29) is 56.9 Å². The summed E-state index contributed by atoms with van der Waals surface area (Å²) in [6.45, 7) is 26.8. The zero-order valence-electron chi connectivity index (χ0n) is 47.2. The first-order chi connectivity index (χ1) is 40.4. The van der Waals surface area contributed by atoms with Crippen LogP contribution in [0.5, 0.6) is 46.0 Å². The number of carbonyl (C=O) groups excluding carboxylic acids is 2. The fourth-order valence-electron chi connectivity index (χ4n) is 6.58. The quantitative estimate of drug-likeness (QED) is 0.00757.